The first kappa shape index (κ1) is 81.8. The second kappa shape index (κ2) is 33.5. The van der Waals surface area contributed by atoms with Crippen LogP contribution in [-0.2, 0) is 101 Å². The molecule has 0 aromatic heterocycles. The second-order valence-electron chi connectivity index (χ2n) is 41.5. The summed E-state index contributed by atoms with van der Waals surface area (Å²) >= 11 is 0. The van der Waals surface area contributed by atoms with Gasteiger partial charge in [-0.15, -0.1) is 0 Å². The molecule has 24 nitrogen and oxygen atoms in total. The molecule has 21 fully saturated rings. The number of hydrogen-bond acceptors (Lipinski definition) is 24. The largest absolute Gasteiger partial charge is 0.461 e. The van der Waals surface area contributed by atoms with Gasteiger partial charge in [0.2, 0.25) is 6.29 Å². The van der Waals surface area contributed by atoms with Crippen molar-refractivity contribution in [1.82, 2.24) is 0 Å². The van der Waals surface area contributed by atoms with E-state index in [1.54, 1.807) is 6.92 Å². The van der Waals surface area contributed by atoms with Crippen molar-refractivity contribution >= 4 is 47.8 Å². The maximum absolute atomic E-state index is 16.0. The van der Waals surface area contributed by atoms with E-state index in [1.165, 1.54) is 25.7 Å². The third-order valence-electron chi connectivity index (χ3n) is 35.3. The van der Waals surface area contributed by atoms with Crippen LogP contribution in [0.5, 0.6) is 0 Å². The van der Waals surface area contributed by atoms with Crippen molar-refractivity contribution in [3.63, 3.8) is 0 Å². The first-order valence-corrected chi connectivity index (χ1v) is 45.7. The minimum absolute atomic E-state index is 0.0261. The van der Waals surface area contributed by atoms with E-state index >= 15 is 9.59 Å². The number of carbonyl (C=O) groups excluding carboxylic acids is 8. The molecule has 3 N–H and O–H groups in total. The minimum Gasteiger partial charge on any atom is -0.461 e. The molecule has 1 aliphatic heterocycles. The molecule has 0 aromatic carbocycles. The van der Waals surface area contributed by atoms with Crippen LogP contribution in [0.4, 0.5) is 0 Å². The zero-order valence-electron chi connectivity index (χ0n) is 68.4. The van der Waals surface area contributed by atoms with Crippen LogP contribution in [0.15, 0.2) is 0 Å². The lowest BCUT2D eigenvalue weighted by molar-refractivity contribution is -0.381. The highest BCUT2D eigenvalue weighted by Crippen LogP contribution is 2.64. The Bertz CT molecular complexity index is 3390. The SMILES string of the molecule is CC(OOC(=O)C1CCCCC1C[C@@H]1C(CC(OO)C2CCCCC2C(=O)OCC(=O)OC2(C)C3CC4CC(C3)CC2C4)OC(O)[C@@H](C(OO)C2CCCCC2C(=O)OCC(=O)OC2(C)C3CC4CC(C3)CC2C4)[C@H]1OC(=O)C1CCCCC1C(=O)OCC(=O)OC1(C)C2CC3CC(C2)CC1C3)OC1(C)C2CC3CC(C2)CC1C3. The maximum atomic E-state index is 16.0. The van der Waals surface area contributed by atoms with Gasteiger partial charge in [-0.05, 0) is 321 Å². The van der Waals surface area contributed by atoms with Crippen LogP contribution in [0.1, 0.15) is 279 Å². The van der Waals surface area contributed by atoms with Gasteiger partial charge < -0.3 is 47.7 Å². The van der Waals surface area contributed by atoms with E-state index in [9.17, 15) is 44.4 Å². The van der Waals surface area contributed by atoms with Crippen LogP contribution in [0, 0.1) is 154 Å². The molecule has 20 saturated carbocycles. The lowest BCUT2D eigenvalue weighted by atomic mass is 9.50. The Morgan fingerprint density at radius 1 is 0.404 bits per heavy atom. The summed E-state index contributed by atoms with van der Waals surface area (Å²) < 4.78 is 57.6. The van der Waals surface area contributed by atoms with E-state index in [1.807, 2.05) is 20.8 Å². The number of hydrogen-bond donors (Lipinski definition) is 3. The fraction of sp³-hybridized carbons (Fsp3) is 0.911. The Labute approximate surface area is 672 Å². The second-order valence-corrected chi connectivity index (χ2v) is 41.5. The number of rotatable bonds is 28. The smallest absolute Gasteiger partial charge is 0.345 e. The first-order chi connectivity index (χ1) is 54.8. The summed E-state index contributed by atoms with van der Waals surface area (Å²) in [5.41, 5.74) is -2.46. The van der Waals surface area contributed by atoms with Gasteiger partial charge in [0.25, 0.3) is 0 Å². The lowest BCUT2D eigenvalue weighted by Gasteiger charge is -2.59. The molecule has 13 unspecified atom stereocenters. The summed E-state index contributed by atoms with van der Waals surface area (Å²) in [4.78, 5) is 140. The Morgan fingerprint density at radius 3 is 1.17 bits per heavy atom. The predicted octanol–water partition coefficient (Wildman–Crippen LogP) is 14.5. The summed E-state index contributed by atoms with van der Waals surface area (Å²) in [5, 5.41) is 36.4. The highest BCUT2D eigenvalue weighted by atomic mass is 17.2. The van der Waals surface area contributed by atoms with Crippen LogP contribution < -0.4 is 0 Å². The maximum Gasteiger partial charge on any atom is 0.345 e. The van der Waals surface area contributed by atoms with Gasteiger partial charge in [0, 0.05) is 24.2 Å². The molecule has 20 aliphatic carbocycles. The Balaban J connectivity index is 0.657. The van der Waals surface area contributed by atoms with Crippen molar-refractivity contribution in [2.45, 2.75) is 338 Å². The molecule has 21 rings (SSSR count). The molecule has 0 amide bonds. The van der Waals surface area contributed by atoms with E-state index in [-0.39, 0.29) is 74.0 Å². The predicted molar refractivity (Wildman–Crippen MR) is 404 cm³/mol. The quantitative estimate of drug-likeness (QED) is 0.0215. The molecule has 0 spiro atoms. The van der Waals surface area contributed by atoms with Gasteiger partial charge >= 0.3 is 47.8 Å². The van der Waals surface area contributed by atoms with Gasteiger partial charge in [-0.3, -0.25) is 34.6 Å². The molecule has 24 heteroatoms. The van der Waals surface area contributed by atoms with Gasteiger partial charge in [-0.1, -0.05) is 51.4 Å². The topological polar surface area (TPSA) is 317 Å². The fourth-order valence-corrected chi connectivity index (χ4v) is 30.1. The molecule has 0 aromatic rings. The van der Waals surface area contributed by atoms with Crippen molar-refractivity contribution in [3.05, 3.63) is 0 Å². The van der Waals surface area contributed by atoms with Crippen LogP contribution in [-0.4, -0.2) is 143 Å². The summed E-state index contributed by atoms with van der Waals surface area (Å²) in [6.07, 6.45) is 20.0. The van der Waals surface area contributed by atoms with Gasteiger partial charge in [-0.2, -0.15) is 4.89 Å². The van der Waals surface area contributed by atoms with E-state index < -0.39 is 186 Å². The third-order valence-corrected chi connectivity index (χ3v) is 35.3. The summed E-state index contributed by atoms with van der Waals surface area (Å²) in [7, 11) is 0. The van der Waals surface area contributed by atoms with Crippen LogP contribution in [0.2, 0.25) is 0 Å². The molecule has 1 heterocycles. The first-order valence-electron chi connectivity index (χ1n) is 45.7. The van der Waals surface area contributed by atoms with Crippen molar-refractivity contribution in [1.29, 1.82) is 0 Å². The van der Waals surface area contributed by atoms with E-state index in [0.29, 0.717) is 136 Å². The minimum atomic E-state index is -1.97. The molecule has 1 saturated heterocycles. The number of ether oxygens (including phenoxy) is 9. The highest BCUT2D eigenvalue weighted by molar-refractivity contribution is 5.84. The van der Waals surface area contributed by atoms with Crippen LogP contribution >= 0.6 is 0 Å². The molecular weight excluding hydrogens is 1460 g/mol. The monoisotopic (exact) mass is 1600 g/mol. The van der Waals surface area contributed by atoms with Crippen molar-refractivity contribution in [2.75, 3.05) is 19.8 Å². The third kappa shape index (κ3) is 16.0. The molecule has 636 valence electrons. The standard InChI is InChI=1S/C90H132O24/c1-47(107-87(2)57-26-48-22-49(28-57)29-58(87)27-48)113-114-85(98)65-15-7-6-14-56(65)42-72-73(43-74(111-100)66-16-8-10-18-68(66)81(94)102-44-75(91)108-88(3)59-30-50-23-51(32-59)33-60(88)31-50)105-86(99)78(80(112-101)67-17-9-11-19-69(67)82(95)103-45-76(92)109-89(4)61-34-52-24-53(36-61)37-62(89)35-52)79(72)106-84(97)71-21-13-12-20-70(71)83(96)104-46-77(93)110-90(5)63-38-54-25-55(40-63)41-64(90)39-54/h47-74,78-80,86,99-101H,6-46H2,1-5H3/t47?,48?,49?,50?,51?,52?,53?,54?,55?,56?,57?,58?,59?,60?,61?,62?,63?,64?,65?,66?,67?,68?,69?,70?,71?,72-,73?,74?,78-,79+,80?,86?,87?,88?,89?,90?/m1/s1. The fourth-order valence-electron chi connectivity index (χ4n) is 30.1. The molecule has 16 bridgehead atoms. The van der Waals surface area contributed by atoms with Crippen LogP contribution in [0.25, 0.3) is 0 Å². The molecule has 16 atom stereocenters. The lowest BCUT2D eigenvalue weighted by Crippen LogP contribution is -2.60. The zero-order valence-corrected chi connectivity index (χ0v) is 68.4. The Hall–Kier alpha value is -4.56. The number of aliphatic hydroxyl groups excluding tert-OH is 1. The van der Waals surface area contributed by atoms with Crippen LogP contribution in [0.3, 0.4) is 0 Å². The molecule has 114 heavy (non-hydrogen) atoms. The number of carbonyl (C=O) groups is 8. The zero-order chi connectivity index (χ0) is 79.3. The summed E-state index contributed by atoms with van der Waals surface area (Å²) in [6.45, 7) is 8.13. The average Bonchev–Trinajstić information content (AvgIpc) is 0.753. The van der Waals surface area contributed by atoms with E-state index in [2.05, 4.69) is 6.92 Å². The normalized spacial score (nSPS) is 46.5. The van der Waals surface area contributed by atoms with Gasteiger partial charge in [0.05, 0.1) is 53.3 Å². The Morgan fingerprint density at radius 2 is 0.754 bits per heavy atom. The molecule has 0 radical (unpaired) electrons. The van der Waals surface area contributed by atoms with E-state index in [4.69, 9.17) is 62.2 Å². The molecule has 21 aliphatic rings. The summed E-state index contributed by atoms with van der Waals surface area (Å²) in [5.74, 6) is -8.03. The number of esters is 7. The van der Waals surface area contributed by atoms with Crippen molar-refractivity contribution in [3.8, 4) is 0 Å². The van der Waals surface area contributed by atoms with Gasteiger partial charge in [0.1, 0.15) is 29.0 Å². The highest BCUT2D eigenvalue weighted by Gasteiger charge is 2.63. The van der Waals surface area contributed by atoms with Crippen molar-refractivity contribution in [2.24, 2.45) is 154 Å². The number of aliphatic hydroxyl groups is 1. The molecular formula is C90H132O24. The summed E-state index contributed by atoms with van der Waals surface area (Å²) in [6, 6.07) is 0. The van der Waals surface area contributed by atoms with Gasteiger partial charge in [-0.25, -0.2) is 29.0 Å². The average molecular weight is 1600 g/mol. The van der Waals surface area contributed by atoms with Gasteiger partial charge in [0.15, 0.2) is 26.1 Å². The van der Waals surface area contributed by atoms with E-state index in [0.717, 1.165) is 103 Å². The Kier molecular flexibility index (Phi) is 24.0. The van der Waals surface area contributed by atoms with Crippen molar-refractivity contribution < 1.29 is 116 Å².